The van der Waals surface area contributed by atoms with Crippen molar-refractivity contribution >= 4 is 23.5 Å². The van der Waals surface area contributed by atoms with Crippen molar-refractivity contribution in [2.75, 3.05) is 18.1 Å². The van der Waals surface area contributed by atoms with Crippen LogP contribution < -0.4 is 10.5 Å². The van der Waals surface area contributed by atoms with Crippen LogP contribution in [0.1, 0.15) is 42.6 Å². The zero-order valence-electron chi connectivity index (χ0n) is 13.8. The second-order valence-electron chi connectivity index (χ2n) is 5.29. The van der Waals surface area contributed by atoms with E-state index in [1.807, 2.05) is 6.92 Å². The minimum Gasteiger partial charge on any atom is -0.507 e. The van der Waals surface area contributed by atoms with Crippen LogP contribution in [0.3, 0.4) is 0 Å². The van der Waals surface area contributed by atoms with E-state index in [4.69, 9.17) is 10.5 Å². The molecule has 130 valence electrons. The van der Waals surface area contributed by atoms with Gasteiger partial charge in [-0.15, -0.1) is 5.10 Å². The van der Waals surface area contributed by atoms with Gasteiger partial charge in [-0.25, -0.2) is 0 Å². The first-order valence-electron chi connectivity index (χ1n) is 7.82. The molecule has 1 heterocycles. The summed E-state index contributed by atoms with van der Waals surface area (Å²) < 4.78 is 5.79. The third kappa shape index (κ3) is 4.64. The predicted molar refractivity (Wildman–Crippen MR) is 93.7 cm³/mol. The molecule has 0 spiro atoms. The molecule has 8 heteroatoms. The highest BCUT2D eigenvalue weighted by atomic mass is 32.2. The first-order valence-corrected chi connectivity index (χ1v) is 8.80. The van der Waals surface area contributed by atoms with Crippen molar-refractivity contribution in [2.24, 2.45) is 0 Å². The van der Waals surface area contributed by atoms with Crippen molar-refractivity contribution in [1.29, 1.82) is 0 Å². The predicted octanol–water partition coefficient (Wildman–Crippen LogP) is 2.81. The van der Waals surface area contributed by atoms with Crippen molar-refractivity contribution in [3.63, 3.8) is 0 Å². The van der Waals surface area contributed by atoms with Gasteiger partial charge in [0.05, 0.1) is 12.2 Å². The Morgan fingerprint density at radius 1 is 1.46 bits per heavy atom. The zero-order valence-corrected chi connectivity index (χ0v) is 14.7. The van der Waals surface area contributed by atoms with Gasteiger partial charge in [0.25, 0.3) is 0 Å². The van der Waals surface area contributed by atoms with E-state index in [1.54, 1.807) is 12.1 Å². The molecule has 4 N–H and O–H groups in total. The molecule has 2 aromatic rings. The van der Waals surface area contributed by atoms with Crippen molar-refractivity contribution in [1.82, 2.24) is 15.2 Å². The molecule has 0 atom stereocenters. The minimum atomic E-state index is -0.154. The molecule has 7 nitrogen and oxygen atoms in total. The summed E-state index contributed by atoms with van der Waals surface area (Å²) in [6.45, 7) is 3.97. The first kappa shape index (κ1) is 18.1. The summed E-state index contributed by atoms with van der Waals surface area (Å²) in [6.07, 6.45) is 2.31. The Morgan fingerprint density at radius 2 is 2.25 bits per heavy atom. The van der Waals surface area contributed by atoms with E-state index in [-0.39, 0.29) is 17.5 Å². The number of hydrogen-bond donors (Lipinski definition) is 3. The summed E-state index contributed by atoms with van der Waals surface area (Å²) in [5.41, 5.74) is 6.47. The number of benzene rings is 1. The molecule has 24 heavy (non-hydrogen) atoms. The van der Waals surface area contributed by atoms with Crippen LogP contribution in [0, 0.1) is 0 Å². The second-order valence-corrected chi connectivity index (χ2v) is 6.38. The normalized spacial score (nSPS) is 10.8. The van der Waals surface area contributed by atoms with Gasteiger partial charge in [-0.1, -0.05) is 25.1 Å². The number of nitrogens with one attached hydrogen (secondary N) is 1. The molecule has 1 aromatic carbocycles. The molecule has 0 bridgehead atoms. The molecule has 0 saturated carbocycles. The number of anilines is 1. The van der Waals surface area contributed by atoms with Gasteiger partial charge in [0, 0.05) is 11.3 Å². The van der Waals surface area contributed by atoms with E-state index < -0.39 is 0 Å². The van der Waals surface area contributed by atoms with Gasteiger partial charge in [0.15, 0.2) is 10.9 Å². The maximum Gasteiger partial charge on any atom is 0.240 e. The number of aromatic hydroxyl groups is 1. The Morgan fingerprint density at radius 3 is 2.88 bits per heavy atom. The average Bonchev–Trinajstić information content (AvgIpc) is 2.95. The molecule has 2 rings (SSSR count). The van der Waals surface area contributed by atoms with E-state index in [2.05, 4.69) is 15.2 Å². The number of carbonyl (C=O) groups excluding carboxylic acids is 1. The average molecular weight is 350 g/mol. The number of phenolic OH excluding ortho intramolecular Hbond substituents is 1. The smallest absolute Gasteiger partial charge is 0.240 e. The number of rotatable bonds is 9. The number of aromatic amines is 1. The molecule has 0 amide bonds. The van der Waals surface area contributed by atoms with Gasteiger partial charge in [0.1, 0.15) is 11.5 Å². The molecule has 0 aliphatic carbocycles. The standard InChI is InChI=1S/C16H22N4O3S/c1-3-5-12-13(7-6-11(10(2)21)14(12)22)23-8-4-9-24-16-18-15(17)19-20-16/h6-7,22H,3-5,8-9H2,1-2H3,(H3,17,18,19,20). The van der Waals surface area contributed by atoms with E-state index in [9.17, 15) is 9.90 Å². The number of nitrogen functional groups attached to an aromatic ring is 1. The Bertz CT molecular complexity index is 703. The molecule has 0 unspecified atom stereocenters. The molecular formula is C16H22N4O3S. The van der Waals surface area contributed by atoms with Gasteiger partial charge in [-0.3, -0.25) is 9.89 Å². The van der Waals surface area contributed by atoms with E-state index in [0.717, 1.165) is 18.6 Å². The van der Waals surface area contributed by atoms with Crippen LogP contribution in [0.4, 0.5) is 5.95 Å². The summed E-state index contributed by atoms with van der Waals surface area (Å²) in [5, 5.41) is 17.5. The largest absolute Gasteiger partial charge is 0.507 e. The van der Waals surface area contributed by atoms with Gasteiger partial charge in [-0.2, -0.15) is 4.98 Å². The summed E-state index contributed by atoms with van der Waals surface area (Å²) in [6, 6.07) is 3.37. The maximum absolute atomic E-state index is 11.5. The lowest BCUT2D eigenvalue weighted by Crippen LogP contribution is -2.04. The quantitative estimate of drug-likeness (QED) is 0.362. The maximum atomic E-state index is 11.5. The molecule has 0 aliphatic heterocycles. The fourth-order valence-corrected chi connectivity index (χ4v) is 2.99. The molecular weight excluding hydrogens is 328 g/mol. The third-order valence-electron chi connectivity index (χ3n) is 3.39. The van der Waals surface area contributed by atoms with Gasteiger partial charge >= 0.3 is 0 Å². The lowest BCUT2D eigenvalue weighted by Gasteiger charge is -2.14. The summed E-state index contributed by atoms with van der Waals surface area (Å²) in [4.78, 5) is 15.6. The fourth-order valence-electron chi connectivity index (χ4n) is 2.26. The number of Topliss-reactive ketones (excluding diaryl/α,β-unsaturated/α-hetero) is 1. The highest BCUT2D eigenvalue weighted by molar-refractivity contribution is 7.99. The lowest BCUT2D eigenvalue weighted by atomic mass is 10.0. The fraction of sp³-hybridized carbons (Fsp3) is 0.438. The Balaban J connectivity index is 1.91. The Hall–Kier alpha value is -2.22. The molecule has 0 radical (unpaired) electrons. The highest BCUT2D eigenvalue weighted by Crippen LogP contribution is 2.33. The summed E-state index contributed by atoms with van der Waals surface area (Å²) in [7, 11) is 0. The SMILES string of the molecule is CCCc1c(OCCCSc2nc(N)n[nH]2)ccc(C(C)=O)c1O. The first-order chi connectivity index (χ1) is 11.5. The van der Waals surface area contributed by atoms with Crippen LogP contribution in [0.5, 0.6) is 11.5 Å². The molecule has 0 fully saturated rings. The number of phenols is 1. The molecule has 1 aromatic heterocycles. The van der Waals surface area contributed by atoms with Crippen molar-refractivity contribution in [3.05, 3.63) is 23.3 Å². The van der Waals surface area contributed by atoms with Crippen LogP contribution in [0.2, 0.25) is 0 Å². The second kappa shape index (κ2) is 8.58. The van der Waals surface area contributed by atoms with E-state index in [0.29, 0.717) is 35.1 Å². The zero-order chi connectivity index (χ0) is 17.5. The third-order valence-corrected chi connectivity index (χ3v) is 4.34. The summed E-state index contributed by atoms with van der Waals surface area (Å²) >= 11 is 1.52. The summed E-state index contributed by atoms with van der Waals surface area (Å²) in [5.74, 6) is 1.55. The number of H-pyrrole nitrogens is 1. The van der Waals surface area contributed by atoms with Gasteiger partial charge in [-0.05, 0) is 31.9 Å². The number of carbonyl (C=O) groups is 1. The van der Waals surface area contributed by atoms with Crippen LogP contribution in [-0.4, -0.2) is 38.4 Å². The van der Waals surface area contributed by atoms with Crippen LogP contribution in [-0.2, 0) is 6.42 Å². The number of thioether (sulfide) groups is 1. The number of nitrogens with zero attached hydrogens (tertiary/aromatic N) is 2. The topological polar surface area (TPSA) is 114 Å². The van der Waals surface area contributed by atoms with Gasteiger partial charge < -0.3 is 15.6 Å². The number of nitrogens with two attached hydrogens (primary N) is 1. The lowest BCUT2D eigenvalue weighted by molar-refractivity contribution is 0.101. The Labute approximate surface area is 145 Å². The minimum absolute atomic E-state index is 0.0355. The van der Waals surface area contributed by atoms with Gasteiger partial charge in [0.2, 0.25) is 5.95 Å². The number of ketones is 1. The van der Waals surface area contributed by atoms with Crippen molar-refractivity contribution in [3.8, 4) is 11.5 Å². The van der Waals surface area contributed by atoms with Crippen LogP contribution in [0.25, 0.3) is 0 Å². The molecule has 0 aliphatic rings. The van der Waals surface area contributed by atoms with Crippen LogP contribution >= 0.6 is 11.8 Å². The van der Waals surface area contributed by atoms with E-state index in [1.165, 1.54) is 18.7 Å². The number of ether oxygens (including phenoxy) is 1. The number of hydrogen-bond acceptors (Lipinski definition) is 7. The van der Waals surface area contributed by atoms with Crippen molar-refractivity contribution < 1.29 is 14.6 Å². The Kier molecular flexibility index (Phi) is 6.48. The van der Waals surface area contributed by atoms with E-state index >= 15 is 0 Å². The highest BCUT2D eigenvalue weighted by Gasteiger charge is 2.15. The number of aromatic nitrogens is 3. The molecule has 0 saturated heterocycles. The van der Waals surface area contributed by atoms with Crippen LogP contribution in [0.15, 0.2) is 17.3 Å². The monoisotopic (exact) mass is 350 g/mol. The van der Waals surface area contributed by atoms with Crippen molar-refractivity contribution in [2.45, 2.75) is 38.3 Å².